The van der Waals surface area contributed by atoms with Crippen molar-refractivity contribution >= 4 is 34.0 Å². The molecular formula is C12H6Cl2F6N2OS. The predicted octanol–water partition coefficient (Wildman–Crippen LogP) is 5.16. The smallest absolute Gasteiger partial charge is 0.272 e. The molecule has 0 aliphatic carbocycles. The Bertz CT molecular complexity index is 792. The molecule has 1 aromatic heterocycles. The molecule has 1 aromatic carbocycles. The van der Waals surface area contributed by atoms with Crippen LogP contribution in [0.4, 0.5) is 26.3 Å². The van der Waals surface area contributed by atoms with Crippen molar-refractivity contribution in [2.45, 2.75) is 17.4 Å². The second kappa shape index (κ2) is 6.23. The van der Waals surface area contributed by atoms with Crippen molar-refractivity contribution in [3.8, 4) is 11.1 Å². The van der Waals surface area contributed by atoms with Crippen LogP contribution >= 0.6 is 23.2 Å². The Morgan fingerprint density at radius 3 is 1.88 bits per heavy atom. The zero-order chi connectivity index (χ0) is 18.4. The second-order valence-electron chi connectivity index (χ2n) is 4.54. The van der Waals surface area contributed by atoms with E-state index in [0.29, 0.717) is 12.1 Å². The number of nitrogens with zero attached hydrogens (tertiary/aromatic N) is 1. The first-order valence-electron chi connectivity index (χ1n) is 5.89. The van der Waals surface area contributed by atoms with Gasteiger partial charge in [-0.3, -0.25) is 9.31 Å². The molecule has 0 amide bonds. The monoisotopic (exact) mass is 410 g/mol. The summed E-state index contributed by atoms with van der Waals surface area (Å²) in [5.74, 6) is 0. The zero-order valence-corrected chi connectivity index (χ0v) is 13.8. The summed E-state index contributed by atoms with van der Waals surface area (Å²) >= 11 is 11.5. The van der Waals surface area contributed by atoms with E-state index in [0.717, 1.165) is 6.26 Å². The summed E-state index contributed by atoms with van der Waals surface area (Å²) in [6.07, 6.45) is -8.66. The van der Waals surface area contributed by atoms with Gasteiger partial charge in [-0.2, -0.15) is 31.4 Å². The van der Waals surface area contributed by atoms with E-state index in [1.165, 1.54) is 0 Å². The average Bonchev–Trinajstić information content (AvgIpc) is 2.81. The summed E-state index contributed by atoms with van der Waals surface area (Å²) in [4.78, 5) is 0. The minimum absolute atomic E-state index is 0.443. The molecule has 1 unspecified atom stereocenters. The third-order valence-corrected chi connectivity index (χ3v) is 4.34. The quantitative estimate of drug-likeness (QED) is 0.695. The van der Waals surface area contributed by atoms with Crippen molar-refractivity contribution in [3.63, 3.8) is 0 Å². The molecule has 2 rings (SSSR count). The van der Waals surface area contributed by atoms with E-state index in [4.69, 9.17) is 23.2 Å². The molecule has 0 aliphatic rings. The van der Waals surface area contributed by atoms with Crippen molar-refractivity contribution < 1.29 is 30.6 Å². The van der Waals surface area contributed by atoms with Crippen LogP contribution in [0.5, 0.6) is 0 Å². The van der Waals surface area contributed by atoms with Gasteiger partial charge in [0, 0.05) is 11.8 Å². The van der Waals surface area contributed by atoms with Gasteiger partial charge in [0.25, 0.3) is 0 Å². The lowest BCUT2D eigenvalue weighted by Crippen LogP contribution is -2.09. The molecule has 0 saturated carbocycles. The van der Waals surface area contributed by atoms with Crippen LogP contribution in [-0.4, -0.2) is 20.7 Å². The molecule has 0 spiro atoms. The second-order valence-corrected chi connectivity index (χ2v) is 6.65. The van der Waals surface area contributed by atoms with Gasteiger partial charge in [0.1, 0.15) is 5.69 Å². The fraction of sp³-hybridized carbons (Fsp3) is 0.250. The molecular weight excluding hydrogens is 405 g/mol. The number of H-pyrrole nitrogens is 1. The highest BCUT2D eigenvalue weighted by atomic mass is 35.5. The highest BCUT2D eigenvalue weighted by molar-refractivity contribution is 7.84. The van der Waals surface area contributed by atoms with Crippen molar-refractivity contribution in [3.05, 3.63) is 33.4 Å². The number of alkyl halides is 6. The summed E-state index contributed by atoms with van der Waals surface area (Å²) < 4.78 is 89.1. The van der Waals surface area contributed by atoms with E-state index >= 15 is 0 Å². The van der Waals surface area contributed by atoms with Crippen LogP contribution in [0.25, 0.3) is 11.1 Å². The van der Waals surface area contributed by atoms with Crippen molar-refractivity contribution in [2.24, 2.45) is 0 Å². The summed E-state index contributed by atoms with van der Waals surface area (Å²) in [6.45, 7) is 0. The summed E-state index contributed by atoms with van der Waals surface area (Å²) in [7, 11) is -1.98. The molecule has 24 heavy (non-hydrogen) atoms. The van der Waals surface area contributed by atoms with Crippen LogP contribution in [0.3, 0.4) is 0 Å². The van der Waals surface area contributed by atoms with E-state index in [9.17, 15) is 30.6 Å². The number of halogens is 8. The molecule has 0 radical (unpaired) electrons. The largest absolute Gasteiger partial charge is 0.433 e. The Morgan fingerprint density at radius 1 is 1.00 bits per heavy atom. The Balaban J connectivity index is 2.82. The Labute approximate surface area is 143 Å². The van der Waals surface area contributed by atoms with Gasteiger partial charge in [0.15, 0.2) is 5.03 Å². The highest BCUT2D eigenvalue weighted by Gasteiger charge is 2.40. The lowest BCUT2D eigenvalue weighted by molar-refractivity contribution is -0.141. The number of rotatable bonds is 2. The molecule has 12 heteroatoms. The Kier molecular flexibility index (Phi) is 4.95. The van der Waals surface area contributed by atoms with E-state index in [1.807, 2.05) is 0 Å². The molecule has 1 N–H and O–H groups in total. The average molecular weight is 411 g/mol. The number of aromatic amines is 1. The highest BCUT2D eigenvalue weighted by Crippen LogP contribution is 2.46. The van der Waals surface area contributed by atoms with Gasteiger partial charge in [0.05, 0.1) is 32.0 Å². The van der Waals surface area contributed by atoms with Crippen LogP contribution in [0.1, 0.15) is 11.3 Å². The number of benzene rings is 1. The molecule has 0 fully saturated rings. The van der Waals surface area contributed by atoms with E-state index in [-0.39, 0.29) is 0 Å². The summed E-state index contributed by atoms with van der Waals surface area (Å²) in [6, 6.07) is 0.885. The van der Waals surface area contributed by atoms with Crippen LogP contribution in [0, 0.1) is 0 Å². The van der Waals surface area contributed by atoms with Crippen molar-refractivity contribution in [2.75, 3.05) is 6.26 Å². The minimum Gasteiger partial charge on any atom is -0.272 e. The lowest BCUT2D eigenvalue weighted by Gasteiger charge is -2.14. The molecule has 0 bridgehead atoms. The molecule has 0 aliphatic heterocycles. The number of aromatic nitrogens is 2. The normalized spacial score (nSPS) is 14.0. The maximum absolute atomic E-state index is 13.1. The van der Waals surface area contributed by atoms with E-state index in [1.54, 1.807) is 5.10 Å². The van der Waals surface area contributed by atoms with Gasteiger partial charge < -0.3 is 0 Å². The van der Waals surface area contributed by atoms with Crippen LogP contribution in [0.15, 0.2) is 17.2 Å². The van der Waals surface area contributed by atoms with Gasteiger partial charge in [-0.15, -0.1) is 0 Å². The van der Waals surface area contributed by atoms with Crippen molar-refractivity contribution in [1.29, 1.82) is 0 Å². The first kappa shape index (κ1) is 19.1. The van der Waals surface area contributed by atoms with Gasteiger partial charge in [-0.05, 0) is 12.1 Å². The first-order chi connectivity index (χ1) is 10.8. The van der Waals surface area contributed by atoms with Crippen LogP contribution < -0.4 is 0 Å². The Hall–Kier alpha value is -1.26. The van der Waals surface area contributed by atoms with Gasteiger partial charge in [-0.25, -0.2) is 0 Å². The first-order valence-corrected chi connectivity index (χ1v) is 8.21. The van der Waals surface area contributed by atoms with Gasteiger partial charge in [0.2, 0.25) is 0 Å². The van der Waals surface area contributed by atoms with E-state index < -0.39 is 60.6 Å². The zero-order valence-electron chi connectivity index (χ0n) is 11.4. The maximum atomic E-state index is 13.1. The standard InChI is InChI=1S/C12H6Cl2F6N2OS/c1-24(23)10-8(9(21-22-10)12(18,19)20)7-5(13)2-4(3-6(7)14)11(15,16)17/h2-3H,1H3,(H,21,22). The third-order valence-electron chi connectivity index (χ3n) is 2.91. The van der Waals surface area contributed by atoms with E-state index in [2.05, 4.69) is 5.10 Å². The Morgan fingerprint density at radius 2 is 1.50 bits per heavy atom. The fourth-order valence-corrected chi connectivity index (χ4v) is 3.29. The molecule has 0 saturated heterocycles. The van der Waals surface area contributed by atoms with Crippen LogP contribution in [-0.2, 0) is 23.2 Å². The molecule has 1 atom stereocenters. The lowest BCUT2D eigenvalue weighted by atomic mass is 10.0. The maximum Gasteiger partial charge on any atom is 0.433 e. The predicted molar refractivity (Wildman–Crippen MR) is 76.4 cm³/mol. The van der Waals surface area contributed by atoms with Crippen molar-refractivity contribution in [1.82, 2.24) is 10.2 Å². The number of hydrogen-bond donors (Lipinski definition) is 1. The fourth-order valence-electron chi connectivity index (χ4n) is 1.95. The van der Waals surface area contributed by atoms with Crippen LogP contribution in [0.2, 0.25) is 10.0 Å². The van der Waals surface area contributed by atoms with Gasteiger partial charge in [-0.1, -0.05) is 23.2 Å². The molecule has 132 valence electrons. The number of hydrogen-bond acceptors (Lipinski definition) is 2. The molecule has 3 nitrogen and oxygen atoms in total. The SMILES string of the molecule is CS(=O)c1n[nH]c(C(F)(F)F)c1-c1c(Cl)cc(C(F)(F)F)cc1Cl. The number of nitrogens with one attached hydrogen (secondary N) is 1. The minimum atomic E-state index is -4.94. The molecule has 2 aromatic rings. The summed E-state index contributed by atoms with van der Waals surface area (Å²) in [5.41, 5.74) is -3.90. The molecule has 1 heterocycles. The van der Waals surface area contributed by atoms with Gasteiger partial charge >= 0.3 is 12.4 Å². The third kappa shape index (κ3) is 3.55. The summed E-state index contributed by atoms with van der Waals surface area (Å²) in [5, 5.41) is 3.15. The topological polar surface area (TPSA) is 45.8 Å².